The molecule has 42 heavy (non-hydrogen) atoms. The summed E-state index contributed by atoms with van der Waals surface area (Å²) in [4.78, 5) is 2.34. The van der Waals surface area contributed by atoms with E-state index in [1.165, 1.54) is 32.6 Å². The molecule has 0 fully saturated rings. The Balaban J connectivity index is 1.49. The molecule has 6 aromatic carbocycles. The van der Waals surface area contributed by atoms with Crippen LogP contribution in [0, 0.1) is 13.8 Å². The van der Waals surface area contributed by atoms with Gasteiger partial charge in [0.1, 0.15) is 0 Å². The third-order valence-corrected chi connectivity index (χ3v) is 17.7. The van der Waals surface area contributed by atoms with Crippen LogP contribution in [0.1, 0.15) is 16.7 Å². The number of nitrogens with zero attached hydrogens (tertiary/aromatic N) is 1. The van der Waals surface area contributed by atoms with E-state index in [0.717, 1.165) is 23.2 Å². The number of benzene rings is 6. The zero-order valence-corrected chi connectivity index (χ0v) is 26.5. The number of rotatable bonds is 8. The van der Waals surface area contributed by atoms with E-state index in [1.54, 1.807) is 0 Å². The molecular formula is C39H35BrNP. The molecule has 0 amide bonds. The van der Waals surface area contributed by atoms with Crippen LogP contribution in [0.15, 0.2) is 164 Å². The van der Waals surface area contributed by atoms with Gasteiger partial charge in [-0.05, 0) is 0 Å². The second-order valence-electron chi connectivity index (χ2n) is 11.0. The molecule has 0 spiro atoms. The molecule has 0 atom stereocenters. The molecule has 0 bridgehead atoms. The summed E-state index contributed by atoms with van der Waals surface area (Å²) in [5.41, 5.74) is 7.23. The SMILES string of the molecule is Cc1ccc(N(c2ccc(C)cc2)c2ccc(CP(Br)(c3ccccc3)(c3ccccc3)c3ccccc3)cc2)cc1. The van der Waals surface area contributed by atoms with E-state index in [9.17, 15) is 0 Å². The van der Waals surface area contributed by atoms with Gasteiger partial charge < -0.3 is 0 Å². The third kappa shape index (κ3) is 5.22. The van der Waals surface area contributed by atoms with Gasteiger partial charge in [-0.3, -0.25) is 0 Å². The van der Waals surface area contributed by atoms with Crippen LogP contribution in [0.25, 0.3) is 0 Å². The molecule has 6 rings (SSSR count). The maximum absolute atomic E-state index is 4.61. The summed E-state index contributed by atoms with van der Waals surface area (Å²) in [6.45, 7) is 4.26. The summed E-state index contributed by atoms with van der Waals surface area (Å²) in [6, 6.07) is 59.7. The molecule has 0 saturated heterocycles. The predicted octanol–water partition coefficient (Wildman–Crippen LogP) is 10.1. The van der Waals surface area contributed by atoms with Crippen LogP contribution in [0.5, 0.6) is 0 Å². The summed E-state index contributed by atoms with van der Waals surface area (Å²) in [5, 5.41) is 0.901. The first-order chi connectivity index (χ1) is 20.4. The molecule has 0 aliphatic rings. The molecule has 0 heterocycles. The van der Waals surface area contributed by atoms with Gasteiger partial charge >= 0.3 is 259 Å². The van der Waals surface area contributed by atoms with Crippen LogP contribution < -0.4 is 20.8 Å². The van der Waals surface area contributed by atoms with Crippen molar-refractivity contribution in [2.45, 2.75) is 20.0 Å². The fraction of sp³-hybridized carbons (Fsp3) is 0.0769. The van der Waals surface area contributed by atoms with Gasteiger partial charge in [0.05, 0.1) is 0 Å². The Morgan fingerprint density at radius 3 is 1.07 bits per heavy atom. The Labute approximate surface area is 258 Å². The maximum atomic E-state index is 4.61. The van der Waals surface area contributed by atoms with Crippen molar-refractivity contribution in [1.82, 2.24) is 0 Å². The average Bonchev–Trinajstić information content (AvgIpc) is 3.05. The van der Waals surface area contributed by atoms with Gasteiger partial charge in [-0.1, -0.05) is 0 Å². The van der Waals surface area contributed by atoms with Crippen LogP contribution in [-0.4, -0.2) is 0 Å². The monoisotopic (exact) mass is 627 g/mol. The number of halogens is 1. The van der Waals surface area contributed by atoms with Gasteiger partial charge in [0.25, 0.3) is 0 Å². The van der Waals surface area contributed by atoms with Crippen molar-refractivity contribution in [3.05, 3.63) is 180 Å². The quantitative estimate of drug-likeness (QED) is 0.152. The van der Waals surface area contributed by atoms with Crippen molar-refractivity contribution in [2.24, 2.45) is 0 Å². The van der Waals surface area contributed by atoms with Crippen molar-refractivity contribution < 1.29 is 0 Å². The van der Waals surface area contributed by atoms with Crippen LogP contribution in [0.3, 0.4) is 0 Å². The molecular weight excluding hydrogens is 593 g/mol. The first-order valence-corrected chi connectivity index (χ1v) is 18.8. The van der Waals surface area contributed by atoms with E-state index in [0.29, 0.717) is 0 Å². The van der Waals surface area contributed by atoms with E-state index in [4.69, 9.17) is 0 Å². The number of hydrogen-bond donors (Lipinski definition) is 0. The van der Waals surface area contributed by atoms with Crippen LogP contribution in [0.4, 0.5) is 17.1 Å². The Bertz CT molecular complexity index is 1600. The Kier molecular flexibility index (Phi) is 7.86. The standard InChI is InChI=1S/C39H35BrNP/c1-31-18-24-34(25-19-31)41(35-26-20-32(2)21-27-35)36-28-22-33(23-29-36)30-42(40,37-12-6-3-7-13-37,38-14-8-4-9-15-38)39-16-10-5-11-17-39/h3-29H,30H2,1-2H3. The molecule has 0 aromatic heterocycles. The molecule has 208 valence electrons. The van der Waals surface area contributed by atoms with Gasteiger partial charge in [0.15, 0.2) is 0 Å². The number of anilines is 3. The van der Waals surface area contributed by atoms with Crippen molar-refractivity contribution in [1.29, 1.82) is 0 Å². The molecule has 0 unspecified atom stereocenters. The Morgan fingerprint density at radius 1 is 0.429 bits per heavy atom. The third-order valence-electron chi connectivity index (χ3n) is 8.14. The Morgan fingerprint density at radius 2 is 0.738 bits per heavy atom. The second kappa shape index (κ2) is 11.7. The van der Waals surface area contributed by atoms with E-state index in [1.807, 2.05) is 0 Å². The van der Waals surface area contributed by atoms with Crippen LogP contribution >= 0.6 is 20.8 Å². The molecule has 0 N–H and O–H groups in total. The van der Waals surface area contributed by atoms with E-state index < -0.39 is 5.31 Å². The molecule has 1 nitrogen and oxygen atoms in total. The molecule has 0 radical (unpaired) electrons. The minimum atomic E-state index is -3.07. The fourth-order valence-corrected chi connectivity index (χ4v) is 13.6. The van der Waals surface area contributed by atoms with Crippen molar-refractivity contribution in [2.75, 3.05) is 4.90 Å². The Hall–Kier alpha value is -3.97. The summed E-state index contributed by atoms with van der Waals surface area (Å²) in [7, 11) is 0. The molecule has 6 aromatic rings. The van der Waals surface area contributed by atoms with Gasteiger partial charge in [0, 0.05) is 0 Å². The van der Waals surface area contributed by atoms with E-state index in [-0.39, 0.29) is 0 Å². The normalized spacial score (nSPS) is 12.3. The number of hydrogen-bond acceptors (Lipinski definition) is 1. The second-order valence-corrected chi connectivity index (χ2v) is 19.9. The molecule has 0 aliphatic heterocycles. The summed E-state index contributed by atoms with van der Waals surface area (Å²) < 4.78 is 0. The zero-order valence-electron chi connectivity index (χ0n) is 24.1. The van der Waals surface area contributed by atoms with Crippen molar-refractivity contribution in [3.63, 3.8) is 0 Å². The molecule has 0 aliphatic carbocycles. The van der Waals surface area contributed by atoms with Crippen molar-refractivity contribution >= 4 is 53.8 Å². The van der Waals surface area contributed by atoms with Gasteiger partial charge in [0.2, 0.25) is 0 Å². The van der Waals surface area contributed by atoms with Gasteiger partial charge in [-0.2, -0.15) is 0 Å². The topological polar surface area (TPSA) is 3.24 Å². The first-order valence-electron chi connectivity index (χ1n) is 14.4. The van der Waals surface area contributed by atoms with Gasteiger partial charge in [-0.15, -0.1) is 0 Å². The number of aryl methyl sites for hydroxylation is 2. The van der Waals surface area contributed by atoms with Crippen molar-refractivity contribution in [3.8, 4) is 0 Å². The molecule has 0 saturated carbocycles. The summed E-state index contributed by atoms with van der Waals surface area (Å²) in [5.74, 6) is 0. The van der Waals surface area contributed by atoms with Crippen LogP contribution in [-0.2, 0) is 6.16 Å². The minimum absolute atomic E-state index is 0.860. The zero-order chi connectivity index (χ0) is 29.0. The predicted molar refractivity (Wildman–Crippen MR) is 188 cm³/mol. The van der Waals surface area contributed by atoms with E-state index in [2.05, 4.69) is 198 Å². The fourth-order valence-electron chi connectivity index (χ4n) is 5.87. The average molecular weight is 629 g/mol. The summed E-state index contributed by atoms with van der Waals surface area (Å²) >= 11 is 4.61. The van der Waals surface area contributed by atoms with Gasteiger partial charge in [-0.25, -0.2) is 0 Å². The van der Waals surface area contributed by atoms with E-state index >= 15 is 0 Å². The van der Waals surface area contributed by atoms with Crippen LogP contribution in [0.2, 0.25) is 0 Å². The first kappa shape index (κ1) is 28.2. The summed E-state index contributed by atoms with van der Waals surface area (Å²) in [6.07, 6.45) is 0.860. The molecule has 3 heteroatoms.